The lowest BCUT2D eigenvalue weighted by Gasteiger charge is -2.34. The maximum atomic E-state index is 13.1. The molecular formula is C10H14F5NO3. The first-order chi connectivity index (χ1) is 8.16. The molecule has 0 saturated carbocycles. The highest BCUT2D eigenvalue weighted by Gasteiger charge is 2.69. The van der Waals surface area contributed by atoms with Crippen LogP contribution in [0.15, 0.2) is 0 Å². The van der Waals surface area contributed by atoms with Crippen LogP contribution in [0.25, 0.3) is 0 Å². The molecule has 0 radical (unpaired) electrons. The molecule has 19 heavy (non-hydrogen) atoms. The highest BCUT2D eigenvalue weighted by Crippen LogP contribution is 2.42. The van der Waals surface area contributed by atoms with Gasteiger partial charge in [-0.1, -0.05) is 0 Å². The molecule has 112 valence electrons. The van der Waals surface area contributed by atoms with Gasteiger partial charge in [0, 0.05) is 0 Å². The molecule has 0 bridgehead atoms. The molecule has 0 rings (SSSR count). The van der Waals surface area contributed by atoms with Crippen molar-refractivity contribution < 1.29 is 36.3 Å². The Hall–Kier alpha value is -1.41. The topological polar surface area (TPSA) is 55.4 Å². The van der Waals surface area contributed by atoms with E-state index in [2.05, 4.69) is 4.74 Å². The van der Waals surface area contributed by atoms with Crippen LogP contribution in [0.3, 0.4) is 0 Å². The highest BCUT2D eigenvalue weighted by atomic mass is 19.4. The normalized spacial score (nSPS) is 16.5. The number of ether oxygens (including phenoxy) is 1. The molecule has 0 heterocycles. The van der Waals surface area contributed by atoms with Crippen molar-refractivity contribution in [3.05, 3.63) is 0 Å². The SMILES string of the molecule is CC(C)(C)OC(=O)NC(C)(C=O)C(F)(F)C(F)(F)F. The number of halogens is 5. The molecule has 0 aromatic carbocycles. The van der Waals surface area contributed by atoms with Crippen LogP contribution in [0.4, 0.5) is 26.7 Å². The summed E-state index contributed by atoms with van der Waals surface area (Å²) in [5.41, 5.74) is -4.56. The van der Waals surface area contributed by atoms with Crippen molar-refractivity contribution >= 4 is 12.4 Å². The first-order valence-electron chi connectivity index (χ1n) is 5.08. The second-order valence-electron chi connectivity index (χ2n) is 5.02. The second-order valence-corrected chi connectivity index (χ2v) is 5.02. The molecule has 0 aliphatic carbocycles. The predicted molar refractivity (Wildman–Crippen MR) is 54.8 cm³/mol. The van der Waals surface area contributed by atoms with E-state index in [-0.39, 0.29) is 6.92 Å². The summed E-state index contributed by atoms with van der Waals surface area (Å²) in [7, 11) is 0. The van der Waals surface area contributed by atoms with E-state index in [9.17, 15) is 31.5 Å². The summed E-state index contributed by atoms with van der Waals surface area (Å²) in [6.45, 7) is 4.41. The molecule has 1 amide bonds. The zero-order valence-electron chi connectivity index (χ0n) is 10.7. The van der Waals surface area contributed by atoms with Gasteiger partial charge in [-0.15, -0.1) is 0 Å². The first kappa shape index (κ1) is 17.6. The Balaban J connectivity index is 5.21. The van der Waals surface area contributed by atoms with E-state index < -0.39 is 35.6 Å². The van der Waals surface area contributed by atoms with Crippen molar-refractivity contribution in [2.24, 2.45) is 0 Å². The van der Waals surface area contributed by atoms with Gasteiger partial charge < -0.3 is 14.8 Å². The van der Waals surface area contributed by atoms with Gasteiger partial charge in [0.1, 0.15) is 5.60 Å². The molecule has 0 aromatic rings. The molecule has 0 fully saturated rings. The molecule has 1 unspecified atom stereocenters. The van der Waals surface area contributed by atoms with Gasteiger partial charge in [-0.3, -0.25) is 0 Å². The lowest BCUT2D eigenvalue weighted by molar-refractivity contribution is -0.302. The fourth-order valence-electron chi connectivity index (χ4n) is 0.992. The molecule has 1 atom stereocenters. The Morgan fingerprint density at radius 1 is 1.05 bits per heavy atom. The Kier molecular flexibility index (Phi) is 4.57. The van der Waals surface area contributed by atoms with E-state index >= 15 is 0 Å². The van der Waals surface area contributed by atoms with Gasteiger partial charge in [-0.2, -0.15) is 22.0 Å². The van der Waals surface area contributed by atoms with Gasteiger partial charge in [-0.25, -0.2) is 4.79 Å². The zero-order chi connectivity index (χ0) is 15.7. The van der Waals surface area contributed by atoms with Crippen molar-refractivity contribution in [3.63, 3.8) is 0 Å². The number of alkyl halides is 5. The van der Waals surface area contributed by atoms with Crippen LogP contribution in [-0.4, -0.2) is 35.6 Å². The van der Waals surface area contributed by atoms with Gasteiger partial charge in [0.05, 0.1) is 0 Å². The molecule has 1 N–H and O–H groups in total. The summed E-state index contributed by atoms with van der Waals surface area (Å²) in [5.74, 6) is -5.43. The quantitative estimate of drug-likeness (QED) is 0.642. The van der Waals surface area contributed by atoms with E-state index in [1.165, 1.54) is 26.1 Å². The average Bonchev–Trinajstić information content (AvgIpc) is 2.12. The van der Waals surface area contributed by atoms with Gasteiger partial charge >= 0.3 is 18.2 Å². The number of hydrogen-bond donors (Lipinski definition) is 1. The highest BCUT2D eigenvalue weighted by molar-refractivity contribution is 5.77. The average molecular weight is 291 g/mol. The number of aldehydes is 1. The smallest absolute Gasteiger partial charge is 0.444 e. The first-order valence-corrected chi connectivity index (χ1v) is 5.08. The fourth-order valence-corrected chi connectivity index (χ4v) is 0.992. The summed E-state index contributed by atoms with van der Waals surface area (Å²) in [4.78, 5) is 21.8. The zero-order valence-corrected chi connectivity index (χ0v) is 10.7. The number of rotatable bonds is 3. The number of nitrogens with one attached hydrogen (secondary N) is 1. The largest absolute Gasteiger partial charge is 0.456 e. The minimum Gasteiger partial charge on any atom is -0.444 e. The van der Waals surface area contributed by atoms with Crippen LogP contribution in [0, 0.1) is 0 Å². The summed E-state index contributed by atoms with van der Waals surface area (Å²) >= 11 is 0. The summed E-state index contributed by atoms with van der Waals surface area (Å²) in [5, 5.41) is 1.25. The van der Waals surface area contributed by atoms with Crippen LogP contribution in [-0.2, 0) is 9.53 Å². The summed E-state index contributed by atoms with van der Waals surface area (Å²) in [6, 6.07) is 0. The standard InChI is InChI=1S/C10H14F5NO3/c1-7(2,3)19-6(18)16-8(4,5-17)9(11,12)10(13,14)15/h5H,1-4H3,(H,16,18). The van der Waals surface area contributed by atoms with Crippen molar-refractivity contribution in [2.75, 3.05) is 0 Å². The van der Waals surface area contributed by atoms with Crippen molar-refractivity contribution in [3.8, 4) is 0 Å². The monoisotopic (exact) mass is 291 g/mol. The van der Waals surface area contributed by atoms with Crippen LogP contribution in [0.2, 0.25) is 0 Å². The molecule has 0 aliphatic rings. The number of alkyl carbamates (subject to hydrolysis) is 1. The van der Waals surface area contributed by atoms with E-state index in [1.54, 1.807) is 0 Å². The van der Waals surface area contributed by atoms with E-state index in [0.717, 1.165) is 0 Å². The van der Waals surface area contributed by atoms with Gasteiger partial charge in [0.15, 0.2) is 11.8 Å². The Morgan fingerprint density at radius 3 is 1.74 bits per heavy atom. The Bertz CT molecular complexity index is 361. The third-order valence-electron chi connectivity index (χ3n) is 2.00. The molecule has 9 heteroatoms. The molecule has 4 nitrogen and oxygen atoms in total. The lowest BCUT2D eigenvalue weighted by Crippen LogP contribution is -2.65. The number of carbonyl (C=O) groups excluding carboxylic acids is 2. The lowest BCUT2D eigenvalue weighted by atomic mass is 9.95. The maximum absolute atomic E-state index is 13.1. The number of carbonyl (C=O) groups is 2. The summed E-state index contributed by atoms with van der Waals surface area (Å²) in [6.07, 6.45) is -8.21. The van der Waals surface area contributed by atoms with E-state index in [0.29, 0.717) is 0 Å². The van der Waals surface area contributed by atoms with Crippen molar-refractivity contribution in [1.82, 2.24) is 5.32 Å². The minimum atomic E-state index is -5.99. The number of amides is 1. The van der Waals surface area contributed by atoms with Gasteiger partial charge in [-0.05, 0) is 27.7 Å². The third-order valence-corrected chi connectivity index (χ3v) is 2.00. The van der Waals surface area contributed by atoms with Crippen molar-refractivity contribution in [2.45, 2.75) is 50.9 Å². The van der Waals surface area contributed by atoms with E-state index in [4.69, 9.17) is 0 Å². The molecule has 0 saturated heterocycles. The molecule has 0 spiro atoms. The van der Waals surface area contributed by atoms with Crippen LogP contribution >= 0.6 is 0 Å². The number of hydrogen-bond acceptors (Lipinski definition) is 3. The van der Waals surface area contributed by atoms with Crippen LogP contribution in [0.1, 0.15) is 27.7 Å². The Morgan fingerprint density at radius 2 is 1.47 bits per heavy atom. The maximum Gasteiger partial charge on any atom is 0.456 e. The van der Waals surface area contributed by atoms with Gasteiger partial charge in [0.2, 0.25) is 0 Å². The minimum absolute atomic E-state index is 0.261. The van der Waals surface area contributed by atoms with Gasteiger partial charge in [0.25, 0.3) is 0 Å². The third kappa shape index (κ3) is 4.03. The molecular weight excluding hydrogens is 277 g/mol. The second kappa shape index (κ2) is 4.93. The molecule has 0 aliphatic heterocycles. The summed E-state index contributed by atoms with van der Waals surface area (Å²) < 4.78 is 67.4. The Labute approximate surface area is 106 Å². The fraction of sp³-hybridized carbons (Fsp3) is 0.800. The van der Waals surface area contributed by atoms with Crippen LogP contribution in [0.5, 0.6) is 0 Å². The molecule has 0 aromatic heterocycles. The predicted octanol–water partition coefficient (Wildman–Crippen LogP) is 2.67. The van der Waals surface area contributed by atoms with Crippen LogP contribution < -0.4 is 5.32 Å². The van der Waals surface area contributed by atoms with Crippen molar-refractivity contribution in [1.29, 1.82) is 0 Å². The van der Waals surface area contributed by atoms with E-state index in [1.807, 2.05) is 0 Å².